The topological polar surface area (TPSA) is 98.8 Å². The summed E-state index contributed by atoms with van der Waals surface area (Å²) in [4.78, 5) is 53.6. The van der Waals surface area contributed by atoms with E-state index in [2.05, 4.69) is 10.6 Å². The van der Waals surface area contributed by atoms with Gasteiger partial charge in [-0.05, 0) is 50.1 Å². The van der Waals surface area contributed by atoms with Crippen molar-refractivity contribution in [3.63, 3.8) is 0 Å². The molecule has 8 nitrogen and oxygen atoms in total. The van der Waals surface area contributed by atoms with E-state index in [9.17, 15) is 19.2 Å². The Morgan fingerprint density at radius 1 is 1.09 bits per heavy atom. The molecule has 2 aliphatic heterocycles. The molecular formula is C25H27ClN4O4. The molecule has 1 unspecified atom stereocenters. The molecule has 4 amide bonds. The smallest absolute Gasteiger partial charge is 0.257 e. The molecule has 4 rings (SSSR count). The summed E-state index contributed by atoms with van der Waals surface area (Å²) in [6, 6.07) is 12.0. The van der Waals surface area contributed by atoms with Crippen molar-refractivity contribution in [1.82, 2.24) is 4.90 Å². The van der Waals surface area contributed by atoms with Crippen molar-refractivity contribution in [2.45, 2.75) is 51.6 Å². The number of benzene rings is 2. The number of fused-ring (bicyclic) bond motifs is 3. The normalized spacial score (nSPS) is 19.0. The highest BCUT2D eigenvalue weighted by atomic mass is 35.5. The molecule has 0 aromatic heterocycles. The maximum absolute atomic E-state index is 13.3. The van der Waals surface area contributed by atoms with Gasteiger partial charge in [-0.1, -0.05) is 30.7 Å². The standard InChI is InChI=1S/C25H27ClN4O4/c1-3-21(31)27-16-10-11-18(26)19(15-16)28-22(32)9-6-14-29-24(34)17-7-4-5-8-20(17)30-23(33)12-13-25(29,30)2/h4-5,7-8,10-11,15H,3,6,9,12-14H2,1-2H3,(H,27,31)(H,28,32). The van der Waals surface area contributed by atoms with Crippen LogP contribution in [0.25, 0.3) is 0 Å². The van der Waals surface area contributed by atoms with Gasteiger partial charge in [-0.15, -0.1) is 0 Å². The number of hydrogen-bond donors (Lipinski definition) is 2. The second-order valence-corrected chi connectivity index (χ2v) is 9.08. The highest BCUT2D eigenvalue weighted by molar-refractivity contribution is 6.33. The highest BCUT2D eigenvalue weighted by Crippen LogP contribution is 2.44. The number of halogens is 1. The van der Waals surface area contributed by atoms with Crippen LogP contribution in [-0.4, -0.2) is 40.7 Å². The van der Waals surface area contributed by atoms with Crippen molar-refractivity contribution < 1.29 is 19.2 Å². The molecular weight excluding hydrogens is 456 g/mol. The summed E-state index contributed by atoms with van der Waals surface area (Å²) >= 11 is 6.21. The van der Waals surface area contributed by atoms with Crippen molar-refractivity contribution in [3.05, 3.63) is 53.1 Å². The number of para-hydroxylation sites is 1. The van der Waals surface area contributed by atoms with Crippen LogP contribution in [0, 0.1) is 0 Å². The fourth-order valence-corrected chi connectivity index (χ4v) is 4.76. The summed E-state index contributed by atoms with van der Waals surface area (Å²) in [5.74, 6) is -0.530. The van der Waals surface area contributed by atoms with Gasteiger partial charge in [0.15, 0.2) is 0 Å². The number of amides is 4. The molecule has 0 bridgehead atoms. The van der Waals surface area contributed by atoms with Gasteiger partial charge in [0, 0.05) is 31.5 Å². The van der Waals surface area contributed by atoms with Gasteiger partial charge < -0.3 is 15.5 Å². The lowest BCUT2D eigenvalue weighted by atomic mass is 9.98. The Kier molecular flexibility index (Phi) is 6.61. The van der Waals surface area contributed by atoms with E-state index in [1.807, 2.05) is 13.0 Å². The van der Waals surface area contributed by atoms with E-state index in [1.165, 1.54) is 0 Å². The second kappa shape index (κ2) is 9.46. The van der Waals surface area contributed by atoms with Gasteiger partial charge in [-0.25, -0.2) is 0 Å². The number of rotatable bonds is 7. The third-order valence-electron chi connectivity index (χ3n) is 6.38. The second-order valence-electron chi connectivity index (χ2n) is 8.67. The largest absolute Gasteiger partial charge is 0.326 e. The third-order valence-corrected chi connectivity index (χ3v) is 6.71. The number of carbonyl (C=O) groups is 4. The molecule has 2 heterocycles. The molecule has 1 saturated heterocycles. The molecule has 9 heteroatoms. The fraction of sp³-hybridized carbons (Fsp3) is 0.360. The minimum Gasteiger partial charge on any atom is -0.326 e. The third kappa shape index (κ3) is 4.37. The SMILES string of the molecule is CCC(=O)Nc1ccc(Cl)c(NC(=O)CCCN2C(=O)c3ccccc3N3C(=O)CCC23C)c1. The quantitative estimate of drug-likeness (QED) is 0.610. The number of hydrogen-bond acceptors (Lipinski definition) is 4. The van der Waals surface area contributed by atoms with Gasteiger partial charge >= 0.3 is 0 Å². The predicted molar refractivity (Wildman–Crippen MR) is 131 cm³/mol. The molecule has 0 radical (unpaired) electrons. The van der Waals surface area contributed by atoms with E-state index in [1.54, 1.807) is 53.1 Å². The van der Waals surface area contributed by atoms with Gasteiger partial charge in [0.1, 0.15) is 5.66 Å². The first-order valence-corrected chi connectivity index (χ1v) is 11.8. The summed E-state index contributed by atoms with van der Waals surface area (Å²) < 4.78 is 0. The van der Waals surface area contributed by atoms with E-state index < -0.39 is 5.66 Å². The molecule has 1 atom stereocenters. The lowest BCUT2D eigenvalue weighted by Crippen LogP contribution is -2.62. The molecule has 0 aliphatic carbocycles. The maximum atomic E-state index is 13.3. The summed E-state index contributed by atoms with van der Waals surface area (Å²) in [6.07, 6.45) is 1.84. The number of nitrogens with zero attached hydrogens (tertiary/aromatic N) is 2. The Morgan fingerprint density at radius 2 is 1.85 bits per heavy atom. The van der Waals surface area contributed by atoms with E-state index in [-0.39, 0.29) is 30.0 Å². The average Bonchev–Trinajstić information content (AvgIpc) is 3.13. The van der Waals surface area contributed by atoms with Crippen molar-refractivity contribution in [3.8, 4) is 0 Å². The Bertz CT molecular complexity index is 1170. The first kappa shape index (κ1) is 23.8. The molecule has 2 aromatic rings. The highest BCUT2D eigenvalue weighted by Gasteiger charge is 2.52. The summed E-state index contributed by atoms with van der Waals surface area (Å²) in [6.45, 7) is 3.99. The average molecular weight is 483 g/mol. The fourth-order valence-electron chi connectivity index (χ4n) is 4.60. The number of carbonyl (C=O) groups excluding carboxylic acids is 4. The Balaban J connectivity index is 1.42. The minimum absolute atomic E-state index is 0.00474. The zero-order chi connectivity index (χ0) is 24.5. The van der Waals surface area contributed by atoms with Gasteiger partial charge in [0.2, 0.25) is 17.7 Å². The van der Waals surface area contributed by atoms with E-state index in [0.29, 0.717) is 59.9 Å². The minimum atomic E-state index is -0.742. The zero-order valence-corrected chi connectivity index (χ0v) is 19.9. The van der Waals surface area contributed by atoms with Crippen LogP contribution in [0.15, 0.2) is 42.5 Å². The molecule has 178 valence electrons. The Hall–Kier alpha value is -3.39. The van der Waals surface area contributed by atoms with E-state index in [0.717, 1.165) is 0 Å². The first-order chi connectivity index (χ1) is 16.2. The lowest BCUT2D eigenvalue weighted by molar-refractivity contribution is -0.118. The van der Waals surface area contributed by atoms with Crippen LogP contribution in [0.5, 0.6) is 0 Å². The van der Waals surface area contributed by atoms with Crippen LogP contribution in [-0.2, 0) is 14.4 Å². The van der Waals surface area contributed by atoms with Gasteiger partial charge in [-0.3, -0.25) is 24.1 Å². The first-order valence-electron chi connectivity index (χ1n) is 11.4. The Labute approximate surface area is 203 Å². The Morgan fingerprint density at radius 3 is 2.62 bits per heavy atom. The van der Waals surface area contributed by atoms with Crippen LogP contribution in [0.4, 0.5) is 17.1 Å². The van der Waals surface area contributed by atoms with Crippen LogP contribution in [0.2, 0.25) is 5.02 Å². The summed E-state index contributed by atoms with van der Waals surface area (Å²) in [5.41, 5.74) is 1.35. The van der Waals surface area contributed by atoms with Crippen molar-refractivity contribution >= 4 is 52.3 Å². The van der Waals surface area contributed by atoms with Crippen LogP contribution in [0.3, 0.4) is 0 Å². The van der Waals surface area contributed by atoms with E-state index >= 15 is 0 Å². The maximum Gasteiger partial charge on any atom is 0.257 e. The van der Waals surface area contributed by atoms with Gasteiger partial charge in [-0.2, -0.15) is 0 Å². The monoisotopic (exact) mass is 482 g/mol. The van der Waals surface area contributed by atoms with Crippen LogP contribution >= 0.6 is 11.6 Å². The lowest BCUT2D eigenvalue weighted by Gasteiger charge is -2.48. The van der Waals surface area contributed by atoms with E-state index in [4.69, 9.17) is 11.6 Å². The molecule has 0 spiro atoms. The van der Waals surface area contributed by atoms with Crippen molar-refractivity contribution in [2.24, 2.45) is 0 Å². The van der Waals surface area contributed by atoms with Crippen LogP contribution in [0.1, 0.15) is 56.3 Å². The van der Waals surface area contributed by atoms with Crippen LogP contribution < -0.4 is 15.5 Å². The molecule has 2 aliphatic rings. The zero-order valence-electron chi connectivity index (χ0n) is 19.2. The molecule has 1 fully saturated rings. The molecule has 34 heavy (non-hydrogen) atoms. The summed E-state index contributed by atoms with van der Waals surface area (Å²) in [7, 11) is 0. The summed E-state index contributed by atoms with van der Waals surface area (Å²) in [5, 5.41) is 5.87. The number of nitrogens with one attached hydrogen (secondary N) is 2. The van der Waals surface area contributed by atoms with Gasteiger partial charge in [0.25, 0.3) is 5.91 Å². The number of anilines is 3. The molecule has 2 aromatic carbocycles. The van der Waals surface area contributed by atoms with Crippen molar-refractivity contribution in [1.29, 1.82) is 0 Å². The van der Waals surface area contributed by atoms with Gasteiger partial charge in [0.05, 0.1) is 22.0 Å². The van der Waals surface area contributed by atoms with Crippen molar-refractivity contribution in [2.75, 3.05) is 22.1 Å². The molecule has 2 N–H and O–H groups in total. The predicted octanol–water partition coefficient (Wildman–Crippen LogP) is 4.41. The molecule has 0 saturated carbocycles.